The van der Waals surface area contributed by atoms with Crippen molar-refractivity contribution < 1.29 is 4.74 Å². The topological polar surface area (TPSA) is 63.4 Å². The number of hydrogen-bond acceptors (Lipinski definition) is 4. The first kappa shape index (κ1) is 16.0. The first-order chi connectivity index (χ1) is 9.97. The van der Waals surface area contributed by atoms with Crippen molar-refractivity contribution in [3.63, 3.8) is 0 Å². The molecule has 0 radical (unpaired) electrons. The van der Waals surface area contributed by atoms with Gasteiger partial charge in [0.15, 0.2) is 5.90 Å². The lowest BCUT2D eigenvalue weighted by molar-refractivity contribution is 0.129. The summed E-state index contributed by atoms with van der Waals surface area (Å²) in [4.78, 5) is 4.28. The smallest absolute Gasteiger partial charge is 0.291 e. The van der Waals surface area contributed by atoms with E-state index in [2.05, 4.69) is 52.0 Å². The molecule has 0 aromatic heterocycles. The predicted octanol–water partition coefficient (Wildman–Crippen LogP) is 3.08. The Morgan fingerprint density at radius 2 is 1.71 bits per heavy atom. The van der Waals surface area contributed by atoms with Crippen LogP contribution in [0.2, 0.25) is 0 Å². The third kappa shape index (κ3) is 4.28. The zero-order chi connectivity index (χ0) is 15.4. The lowest BCUT2D eigenvalue weighted by Gasteiger charge is -2.38. The van der Waals surface area contributed by atoms with Crippen molar-refractivity contribution in [3.8, 4) is 0 Å². The van der Waals surface area contributed by atoms with E-state index in [4.69, 9.17) is 15.6 Å². The van der Waals surface area contributed by atoms with E-state index in [9.17, 15) is 0 Å². The van der Waals surface area contributed by atoms with E-state index in [1.807, 2.05) is 4.90 Å². The summed E-state index contributed by atoms with van der Waals surface area (Å²) >= 11 is 3.46. The first-order valence-electron chi connectivity index (χ1n) is 7.03. The first-order valence-corrected chi connectivity index (χ1v) is 7.82. The zero-order valence-electron chi connectivity index (χ0n) is 12.4. The number of ether oxygens (including phenoxy) is 1. The van der Waals surface area contributed by atoms with Crippen molar-refractivity contribution in [1.82, 2.24) is 9.80 Å². The molecule has 1 heterocycles. The van der Waals surface area contributed by atoms with Crippen LogP contribution in [0.1, 0.15) is 25.5 Å². The zero-order valence-corrected chi connectivity index (χ0v) is 14.0. The second-order valence-corrected chi connectivity index (χ2v) is 6.13. The molecule has 114 valence electrons. The number of benzene rings is 1. The monoisotopic (exact) mass is 352 g/mol. The Morgan fingerprint density at radius 1 is 1.14 bits per heavy atom. The van der Waals surface area contributed by atoms with Crippen molar-refractivity contribution in [3.05, 3.63) is 34.3 Å². The molecule has 1 aromatic rings. The van der Waals surface area contributed by atoms with Crippen LogP contribution in [-0.2, 0) is 4.74 Å². The van der Waals surface area contributed by atoms with Crippen molar-refractivity contribution in [1.29, 1.82) is 10.8 Å². The van der Waals surface area contributed by atoms with Gasteiger partial charge in [0, 0.05) is 43.6 Å². The normalized spacial score (nSPS) is 17.4. The van der Waals surface area contributed by atoms with Crippen molar-refractivity contribution >= 4 is 27.8 Å². The lowest BCUT2D eigenvalue weighted by Crippen LogP contribution is -2.49. The Morgan fingerprint density at radius 3 is 2.24 bits per heavy atom. The standard InChI is InChI=1S/C15H21BrN4O/c1-11(13-3-5-14(16)6-4-13)19-7-9-20(10-8-19)15(18)21-12(2)17/h3-6,11,17-18H,7-10H2,1-2H3. The SMILES string of the molecule is CC(=N)OC(=N)N1CCN(C(C)c2ccc(Br)cc2)CC1. The van der Waals surface area contributed by atoms with Gasteiger partial charge in [-0.15, -0.1) is 0 Å². The lowest BCUT2D eigenvalue weighted by atomic mass is 10.1. The average molecular weight is 353 g/mol. The molecule has 0 amide bonds. The van der Waals surface area contributed by atoms with Crippen molar-refractivity contribution in [2.45, 2.75) is 19.9 Å². The third-order valence-corrected chi connectivity index (χ3v) is 4.28. The van der Waals surface area contributed by atoms with Gasteiger partial charge in [-0.25, -0.2) is 0 Å². The molecule has 2 N–H and O–H groups in total. The summed E-state index contributed by atoms with van der Waals surface area (Å²) in [6.07, 6.45) is 0. The summed E-state index contributed by atoms with van der Waals surface area (Å²) in [7, 11) is 0. The summed E-state index contributed by atoms with van der Waals surface area (Å²) < 4.78 is 6.15. The van der Waals surface area contributed by atoms with Gasteiger partial charge in [0.05, 0.1) is 0 Å². The number of rotatable bonds is 2. The van der Waals surface area contributed by atoms with Crippen LogP contribution < -0.4 is 0 Å². The Hall–Kier alpha value is -1.40. The summed E-state index contributed by atoms with van der Waals surface area (Å²) in [6.45, 7) is 7.04. The van der Waals surface area contributed by atoms with Crippen LogP contribution in [0.15, 0.2) is 28.7 Å². The molecule has 0 spiro atoms. The molecule has 0 aliphatic carbocycles. The number of halogens is 1. The van der Waals surface area contributed by atoms with Crippen LogP contribution >= 0.6 is 15.9 Å². The molecule has 1 atom stereocenters. The number of piperazine rings is 1. The Labute approximate surface area is 134 Å². The van der Waals surface area contributed by atoms with Crippen LogP contribution in [0, 0.1) is 10.8 Å². The van der Waals surface area contributed by atoms with Gasteiger partial charge in [0.1, 0.15) is 0 Å². The molecule has 1 fully saturated rings. The summed E-state index contributed by atoms with van der Waals surface area (Å²) in [5, 5.41) is 15.1. The average Bonchev–Trinajstić information content (AvgIpc) is 2.47. The molecule has 21 heavy (non-hydrogen) atoms. The minimum atomic E-state index is 0.0608. The molecule has 1 unspecified atom stereocenters. The molecular weight excluding hydrogens is 332 g/mol. The Kier molecular flexibility index (Phi) is 5.36. The molecule has 1 aliphatic heterocycles. The molecule has 2 rings (SSSR count). The molecule has 1 aliphatic rings. The van der Waals surface area contributed by atoms with Crippen LogP contribution in [0.5, 0.6) is 0 Å². The van der Waals surface area contributed by atoms with E-state index in [0.29, 0.717) is 6.04 Å². The fraction of sp³-hybridized carbons (Fsp3) is 0.467. The highest BCUT2D eigenvalue weighted by molar-refractivity contribution is 9.10. The third-order valence-electron chi connectivity index (χ3n) is 3.75. The van der Waals surface area contributed by atoms with Gasteiger partial charge in [0.2, 0.25) is 0 Å². The number of nitrogens with one attached hydrogen (secondary N) is 2. The molecule has 1 saturated heterocycles. The van der Waals surface area contributed by atoms with Gasteiger partial charge in [-0.1, -0.05) is 28.1 Å². The summed E-state index contributed by atoms with van der Waals surface area (Å²) in [5.41, 5.74) is 1.30. The summed E-state index contributed by atoms with van der Waals surface area (Å²) in [5.74, 6) is 0.0608. The molecule has 0 bridgehead atoms. The molecule has 0 saturated carbocycles. The quantitative estimate of drug-likeness (QED) is 0.634. The van der Waals surface area contributed by atoms with Crippen LogP contribution in [0.3, 0.4) is 0 Å². The maximum absolute atomic E-state index is 7.81. The van der Waals surface area contributed by atoms with Gasteiger partial charge in [-0.05, 0) is 24.6 Å². The van der Waals surface area contributed by atoms with E-state index < -0.39 is 0 Å². The minimum Gasteiger partial charge on any atom is -0.412 e. The van der Waals surface area contributed by atoms with Crippen molar-refractivity contribution in [2.24, 2.45) is 0 Å². The second-order valence-electron chi connectivity index (χ2n) is 5.21. The van der Waals surface area contributed by atoms with Crippen LogP contribution in [-0.4, -0.2) is 47.9 Å². The van der Waals surface area contributed by atoms with E-state index in [1.165, 1.54) is 5.56 Å². The number of hydrogen-bond donors (Lipinski definition) is 2. The molecular formula is C15H21BrN4O. The van der Waals surface area contributed by atoms with E-state index in [1.54, 1.807) is 6.92 Å². The minimum absolute atomic E-state index is 0.0608. The maximum atomic E-state index is 7.81. The van der Waals surface area contributed by atoms with Crippen LogP contribution in [0.25, 0.3) is 0 Å². The van der Waals surface area contributed by atoms with E-state index in [0.717, 1.165) is 30.7 Å². The van der Waals surface area contributed by atoms with Gasteiger partial charge >= 0.3 is 0 Å². The predicted molar refractivity (Wildman–Crippen MR) is 87.9 cm³/mol. The Bertz CT molecular complexity index is 509. The maximum Gasteiger partial charge on any atom is 0.291 e. The van der Waals surface area contributed by atoms with E-state index >= 15 is 0 Å². The van der Waals surface area contributed by atoms with E-state index in [-0.39, 0.29) is 11.9 Å². The number of nitrogens with zero attached hydrogens (tertiary/aromatic N) is 2. The molecule has 1 aromatic carbocycles. The number of amidine groups is 1. The second kappa shape index (κ2) is 7.04. The summed E-state index contributed by atoms with van der Waals surface area (Å²) in [6, 6.07) is 8.87. The molecule has 6 heteroatoms. The highest BCUT2D eigenvalue weighted by atomic mass is 79.9. The fourth-order valence-corrected chi connectivity index (χ4v) is 2.74. The van der Waals surface area contributed by atoms with Gasteiger partial charge in [-0.2, -0.15) is 0 Å². The Balaban J connectivity index is 1.90. The highest BCUT2D eigenvalue weighted by Crippen LogP contribution is 2.23. The van der Waals surface area contributed by atoms with Gasteiger partial charge in [0.25, 0.3) is 6.02 Å². The van der Waals surface area contributed by atoms with Crippen molar-refractivity contribution in [2.75, 3.05) is 26.2 Å². The largest absolute Gasteiger partial charge is 0.412 e. The van der Waals surface area contributed by atoms with Crippen LogP contribution in [0.4, 0.5) is 0 Å². The fourth-order valence-electron chi connectivity index (χ4n) is 2.47. The van der Waals surface area contributed by atoms with Gasteiger partial charge < -0.3 is 9.64 Å². The molecule has 5 nitrogen and oxygen atoms in total. The van der Waals surface area contributed by atoms with Gasteiger partial charge in [-0.3, -0.25) is 15.7 Å². The highest BCUT2D eigenvalue weighted by Gasteiger charge is 2.24.